The molecule has 0 aliphatic carbocycles. The molecule has 0 heterocycles. The largest absolute Gasteiger partial charge is 0.328 e. The summed E-state index contributed by atoms with van der Waals surface area (Å²) in [6, 6.07) is 0.428. The Bertz CT molecular complexity index is 75.5. The molecule has 0 aliphatic rings. The van der Waals surface area contributed by atoms with E-state index in [9.17, 15) is 0 Å². The van der Waals surface area contributed by atoms with Crippen molar-refractivity contribution in [3.8, 4) is 0 Å². The average Bonchev–Trinajstić information content (AvgIpc) is 1.62. The molecular weight excluding hydrogens is 126 g/mol. The molecule has 1 unspecified atom stereocenters. The lowest BCUT2D eigenvalue weighted by Gasteiger charge is -2.21. The first-order valence-corrected chi connectivity index (χ1v) is 4.71. The van der Waals surface area contributed by atoms with Gasteiger partial charge in [-0.3, -0.25) is 0 Å². The third kappa shape index (κ3) is 6.06. The van der Waals surface area contributed by atoms with Crippen LogP contribution in [0.5, 0.6) is 0 Å². The fourth-order valence-corrected chi connectivity index (χ4v) is 1.46. The van der Waals surface area contributed by atoms with Gasteiger partial charge in [-0.1, -0.05) is 20.8 Å². The SMILES string of the molecule is CCC(N)CC(C)(C)[SiH3]. The highest BCUT2D eigenvalue weighted by molar-refractivity contribution is 6.14. The lowest BCUT2D eigenvalue weighted by molar-refractivity contribution is 0.503. The third-order valence-corrected chi connectivity index (χ3v) is 1.81. The minimum Gasteiger partial charge on any atom is -0.328 e. The zero-order valence-corrected chi connectivity index (χ0v) is 9.07. The van der Waals surface area contributed by atoms with Gasteiger partial charge in [0, 0.05) is 16.3 Å². The van der Waals surface area contributed by atoms with Crippen LogP contribution in [0.2, 0.25) is 5.04 Å². The molecule has 0 bridgehead atoms. The van der Waals surface area contributed by atoms with E-state index in [-0.39, 0.29) is 0 Å². The molecular formula is C7H19NSi. The summed E-state index contributed by atoms with van der Waals surface area (Å²) in [6.45, 7) is 6.72. The van der Waals surface area contributed by atoms with Crippen LogP contribution in [-0.4, -0.2) is 16.3 Å². The van der Waals surface area contributed by atoms with Crippen molar-refractivity contribution in [2.75, 3.05) is 0 Å². The second kappa shape index (κ2) is 3.37. The van der Waals surface area contributed by atoms with Crippen molar-refractivity contribution in [3.05, 3.63) is 0 Å². The predicted octanol–water partition coefficient (Wildman–Crippen LogP) is 0.678. The van der Waals surface area contributed by atoms with E-state index in [1.54, 1.807) is 0 Å². The van der Waals surface area contributed by atoms with Gasteiger partial charge in [0.15, 0.2) is 0 Å². The van der Waals surface area contributed by atoms with E-state index in [1.165, 1.54) is 16.7 Å². The quantitative estimate of drug-likeness (QED) is 0.581. The minimum atomic E-state index is 0.428. The number of hydrogen-bond donors (Lipinski definition) is 1. The summed E-state index contributed by atoms with van der Waals surface area (Å²) >= 11 is 0. The highest BCUT2D eigenvalue weighted by Gasteiger charge is 2.13. The van der Waals surface area contributed by atoms with Crippen molar-refractivity contribution >= 4 is 10.2 Å². The van der Waals surface area contributed by atoms with Gasteiger partial charge in [-0.15, -0.1) is 0 Å². The van der Waals surface area contributed by atoms with Crippen LogP contribution in [0.15, 0.2) is 0 Å². The Labute approximate surface area is 61.4 Å². The van der Waals surface area contributed by atoms with Crippen molar-refractivity contribution in [3.63, 3.8) is 0 Å². The maximum Gasteiger partial charge on any atom is 0.0100 e. The molecule has 0 aromatic carbocycles. The van der Waals surface area contributed by atoms with E-state index in [1.807, 2.05) is 0 Å². The molecule has 0 fully saturated rings. The number of nitrogens with two attached hydrogens (primary N) is 1. The van der Waals surface area contributed by atoms with Crippen LogP contribution in [0.25, 0.3) is 0 Å². The fraction of sp³-hybridized carbons (Fsp3) is 1.00. The van der Waals surface area contributed by atoms with Crippen LogP contribution < -0.4 is 5.73 Å². The molecule has 1 atom stereocenters. The summed E-state index contributed by atoms with van der Waals surface area (Å²) in [6.07, 6.45) is 2.31. The molecule has 0 spiro atoms. The van der Waals surface area contributed by atoms with Crippen molar-refractivity contribution in [2.45, 2.75) is 44.7 Å². The van der Waals surface area contributed by atoms with Crippen LogP contribution in [0.4, 0.5) is 0 Å². The average molecular weight is 145 g/mol. The van der Waals surface area contributed by atoms with Crippen molar-refractivity contribution in [1.82, 2.24) is 0 Å². The first kappa shape index (κ1) is 9.18. The highest BCUT2D eigenvalue weighted by Crippen LogP contribution is 2.25. The van der Waals surface area contributed by atoms with E-state index in [0.29, 0.717) is 11.1 Å². The van der Waals surface area contributed by atoms with Crippen molar-refractivity contribution in [1.29, 1.82) is 0 Å². The van der Waals surface area contributed by atoms with E-state index in [0.717, 1.165) is 6.42 Å². The summed E-state index contributed by atoms with van der Waals surface area (Å²) in [5.41, 5.74) is 5.78. The molecule has 9 heavy (non-hydrogen) atoms. The monoisotopic (exact) mass is 145 g/mol. The Morgan fingerprint density at radius 2 is 2.00 bits per heavy atom. The van der Waals surface area contributed by atoms with E-state index < -0.39 is 0 Å². The minimum absolute atomic E-state index is 0.428. The van der Waals surface area contributed by atoms with Gasteiger partial charge in [-0.2, -0.15) is 0 Å². The van der Waals surface area contributed by atoms with E-state index in [4.69, 9.17) is 5.73 Å². The summed E-state index contributed by atoms with van der Waals surface area (Å²) in [7, 11) is 1.25. The second-order valence-electron chi connectivity index (χ2n) is 3.93. The van der Waals surface area contributed by atoms with Gasteiger partial charge in [0.1, 0.15) is 0 Å². The van der Waals surface area contributed by atoms with Crippen LogP contribution in [0.3, 0.4) is 0 Å². The molecule has 2 N–H and O–H groups in total. The Hall–Kier alpha value is 0.177. The maximum atomic E-state index is 5.78. The van der Waals surface area contributed by atoms with Crippen LogP contribution in [-0.2, 0) is 0 Å². The molecule has 0 aromatic heterocycles. The summed E-state index contributed by atoms with van der Waals surface area (Å²) in [4.78, 5) is 0. The maximum absolute atomic E-state index is 5.78. The molecule has 0 aromatic rings. The predicted molar refractivity (Wildman–Crippen MR) is 46.9 cm³/mol. The van der Waals surface area contributed by atoms with Gasteiger partial charge in [0.25, 0.3) is 0 Å². The summed E-state index contributed by atoms with van der Waals surface area (Å²) in [5, 5.41) is 0.537. The van der Waals surface area contributed by atoms with Gasteiger partial charge in [0.05, 0.1) is 0 Å². The van der Waals surface area contributed by atoms with E-state index >= 15 is 0 Å². The highest BCUT2D eigenvalue weighted by atomic mass is 28.1. The number of hydrogen-bond acceptors (Lipinski definition) is 1. The van der Waals surface area contributed by atoms with E-state index in [2.05, 4.69) is 20.8 Å². The zero-order valence-electron chi connectivity index (χ0n) is 7.07. The van der Waals surface area contributed by atoms with Gasteiger partial charge >= 0.3 is 0 Å². The first-order chi connectivity index (χ1) is 3.95. The standard InChI is InChI=1S/C7H19NSi/c1-4-6(8)5-7(2,3)9/h6H,4-5,8H2,1-3,9H3. The molecule has 2 heteroatoms. The van der Waals surface area contributed by atoms with Crippen molar-refractivity contribution < 1.29 is 0 Å². The topological polar surface area (TPSA) is 26.0 Å². The van der Waals surface area contributed by atoms with Gasteiger partial charge < -0.3 is 5.73 Å². The molecule has 0 amide bonds. The molecule has 0 rings (SSSR count). The third-order valence-electron chi connectivity index (χ3n) is 1.40. The Morgan fingerprint density at radius 3 is 2.11 bits per heavy atom. The lowest BCUT2D eigenvalue weighted by Crippen LogP contribution is -2.23. The Morgan fingerprint density at radius 1 is 1.56 bits per heavy atom. The van der Waals surface area contributed by atoms with Gasteiger partial charge in [-0.05, 0) is 17.9 Å². The molecule has 0 saturated heterocycles. The summed E-state index contributed by atoms with van der Waals surface area (Å²) in [5.74, 6) is 0. The molecule has 0 aliphatic heterocycles. The fourth-order valence-electron chi connectivity index (χ4n) is 0.931. The second-order valence-corrected chi connectivity index (χ2v) is 6.64. The Balaban J connectivity index is 3.47. The Kier molecular flexibility index (Phi) is 3.44. The van der Waals surface area contributed by atoms with Crippen LogP contribution in [0, 0.1) is 0 Å². The smallest absolute Gasteiger partial charge is 0.0100 e. The first-order valence-electron chi connectivity index (χ1n) is 3.71. The molecule has 1 nitrogen and oxygen atoms in total. The number of rotatable bonds is 3. The molecule has 0 radical (unpaired) electrons. The normalized spacial score (nSPS) is 16.0. The van der Waals surface area contributed by atoms with Crippen molar-refractivity contribution in [2.24, 2.45) is 5.73 Å². The molecule has 56 valence electrons. The van der Waals surface area contributed by atoms with Crippen LogP contribution >= 0.6 is 0 Å². The molecule has 0 saturated carbocycles. The summed E-state index contributed by atoms with van der Waals surface area (Å²) < 4.78 is 0. The van der Waals surface area contributed by atoms with Gasteiger partial charge in [0.2, 0.25) is 0 Å². The van der Waals surface area contributed by atoms with Gasteiger partial charge in [-0.25, -0.2) is 0 Å². The van der Waals surface area contributed by atoms with Crippen LogP contribution in [0.1, 0.15) is 33.6 Å². The lowest BCUT2D eigenvalue weighted by atomic mass is 10.0. The zero-order chi connectivity index (χ0) is 7.49.